The van der Waals surface area contributed by atoms with Crippen LogP contribution in [-0.4, -0.2) is 11.9 Å². The number of primary amides is 1. The molecule has 2 rings (SSSR count). The molecule has 3 unspecified atom stereocenters. The topological polar surface area (TPSA) is 55.1 Å². The number of carbonyl (C=O) groups excluding carboxylic acids is 1. The Morgan fingerprint density at radius 3 is 2.63 bits per heavy atom. The van der Waals surface area contributed by atoms with Crippen molar-refractivity contribution in [2.75, 3.05) is 5.32 Å². The molecule has 3 nitrogen and oxygen atoms in total. The van der Waals surface area contributed by atoms with E-state index < -0.39 is 0 Å². The van der Waals surface area contributed by atoms with E-state index in [0.29, 0.717) is 5.92 Å². The van der Waals surface area contributed by atoms with E-state index in [4.69, 9.17) is 5.73 Å². The van der Waals surface area contributed by atoms with Gasteiger partial charge in [-0.05, 0) is 43.7 Å². The van der Waals surface area contributed by atoms with Crippen LogP contribution in [0.1, 0.15) is 26.7 Å². The Bertz CT molecular complexity index is 467. The van der Waals surface area contributed by atoms with Crippen molar-refractivity contribution in [3.8, 4) is 0 Å². The number of amides is 1. The minimum atomic E-state index is -0.298. The van der Waals surface area contributed by atoms with Crippen LogP contribution >= 0.6 is 0 Å². The summed E-state index contributed by atoms with van der Waals surface area (Å²) in [5.41, 5.74) is 7.89. The molecule has 1 aliphatic carbocycles. The molecular weight excluding hydrogens is 236 g/mol. The van der Waals surface area contributed by atoms with Gasteiger partial charge in [0.05, 0.1) is 0 Å². The van der Waals surface area contributed by atoms with Crippen molar-refractivity contribution >= 4 is 11.6 Å². The summed E-state index contributed by atoms with van der Waals surface area (Å²) >= 11 is 0. The van der Waals surface area contributed by atoms with Crippen molar-refractivity contribution in [1.29, 1.82) is 0 Å². The molecule has 1 aliphatic rings. The van der Waals surface area contributed by atoms with Gasteiger partial charge in [-0.2, -0.15) is 0 Å². The minimum absolute atomic E-state index is 0.268. The van der Waals surface area contributed by atoms with E-state index in [9.17, 15) is 4.79 Å². The largest absolute Gasteiger partial charge is 0.373 e. The van der Waals surface area contributed by atoms with Crippen LogP contribution in [0.15, 0.2) is 42.0 Å². The summed E-state index contributed by atoms with van der Waals surface area (Å²) in [6, 6.07) is 9.49. The van der Waals surface area contributed by atoms with E-state index in [-0.39, 0.29) is 17.9 Å². The van der Waals surface area contributed by atoms with Crippen molar-refractivity contribution in [2.24, 2.45) is 17.6 Å². The maximum Gasteiger partial charge on any atom is 0.240 e. The quantitative estimate of drug-likeness (QED) is 0.816. The highest BCUT2D eigenvalue weighted by Gasteiger charge is 2.29. The molecule has 0 heterocycles. The molecule has 1 aromatic carbocycles. The van der Waals surface area contributed by atoms with Gasteiger partial charge in [0.25, 0.3) is 0 Å². The zero-order chi connectivity index (χ0) is 13.8. The number of anilines is 1. The summed E-state index contributed by atoms with van der Waals surface area (Å²) in [7, 11) is 0. The summed E-state index contributed by atoms with van der Waals surface area (Å²) < 4.78 is 0. The molecule has 1 amide bonds. The molecule has 0 aliphatic heterocycles. The van der Waals surface area contributed by atoms with Crippen LogP contribution in [0.25, 0.3) is 0 Å². The van der Waals surface area contributed by atoms with E-state index in [1.165, 1.54) is 5.57 Å². The third-order valence-corrected chi connectivity index (χ3v) is 3.70. The smallest absolute Gasteiger partial charge is 0.240 e. The Kier molecular flexibility index (Phi) is 4.25. The van der Waals surface area contributed by atoms with Crippen LogP contribution in [0.4, 0.5) is 5.69 Å². The molecule has 3 heteroatoms. The second kappa shape index (κ2) is 5.91. The lowest BCUT2D eigenvalue weighted by atomic mass is 9.79. The summed E-state index contributed by atoms with van der Waals surface area (Å²) in [6.07, 6.45) is 4.24. The van der Waals surface area contributed by atoms with Gasteiger partial charge in [0.1, 0.15) is 6.04 Å². The van der Waals surface area contributed by atoms with Gasteiger partial charge >= 0.3 is 0 Å². The molecule has 0 bridgehead atoms. The average Bonchev–Trinajstić information content (AvgIpc) is 2.35. The number of rotatable bonds is 4. The van der Waals surface area contributed by atoms with Crippen molar-refractivity contribution in [3.05, 3.63) is 42.0 Å². The number of hydrogen-bond donors (Lipinski definition) is 2. The lowest BCUT2D eigenvalue weighted by Crippen LogP contribution is -2.43. The van der Waals surface area contributed by atoms with Gasteiger partial charge in [0.15, 0.2) is 0 Å². The predicted octanol–water partition coefficient (Wildman–Crippen LogP) is 2.94. The summed E-state index contributed by atoms with van der Waals surface area (Å²) in [5, 5.41) is 3.29. The number of allylic oxidation sites excluding steroid dienone is 2. The van der Waals surface area contributed by atoms with Crippen LogP contribution in [-0.2, 0) is 4.79 Å². The number of para-hydroxylation sites is 1. The van der Waals surface area contributed by atoms with Crippen LogP contribution < -0.4 is 11.1 Å². The molecular formula is C16H22N2O. The lowest BCUT2D eigenvalue weighted by Gasteiger charge is -2.31. The highest BCUT2D eigenvalue weighted by molar-refractivity contribution is 5.83. The SMILES string of the molecule is CC1=CC(C)CC(C(Nc2ccccc2)C(N)=O)C1. The zero-order valence-electron chi connectivity index (χ0n) is 11.6. The second-order valence-electron chi connectivity index (χ2n) is 5.58. The highest BCUT2D eigenvalue weighted by Crippen LogP contribution is 2.31. The monoisotopic (exact) mass is 258 g/mol. The first-order valence-electron chi connectivity index (χ1n) is 6.84. The van der Waals surface area contributed by atoms with Crippen molar-refractivity contribution in [1.82, 2.24) is 0 Å². The molecule has 0 saturated carbocycles. The molecule has 0 fully saturated rings. The van der Waals surface area contributed by atoms with Gasteiger partial charge in [-0.25, -0.2) is 0 Å². The average molecular weight is 258 g/mol. The Labute approximate surface area is 114 Å². The van der Waals surface area contributed by atoms with Crippen LogP contribution in [0.2, 0.25) is 0 Å². The lowest BCUT2D eigenvalue weighted by molar-refractivity contribution is -0.119. The summed E-state index contributed by atoms with van der Waals surface area (Å²) in [5.74, 6) is 0.520. The van der Waals surface area contributed by atoms with Gasteiger partial charge in [0, 0.05) is 5.69 Å². The Morgan fingerprint density at radius 2 is 2.05 bits per heavy atom. The number of carbonyl (C=O) groups is 1. The number of nitrogens with two attached hydrogens (primary N) is 1. The molecule has 1 aromatic rings. The Balaban J connectivity index is 2.13. The summed E-state index contributed by atoms with van der Waals surface area (Å²) in [6.45, 7) is 4.32. The maximum atomic E-state index is 11.8. The standard InChI is InChI=1S/C16H22N2O/c1-11-8-12(2)10-13(9-11)15(16(17)19)18-14-6-4-3-5-7-14/h3-8,11,13,15,18H,9-10H2,1-2H3,(H2,17,19). The number of nitrogens with one attached hydrogen (secondary N) is 1. The van der Waals surface area contributed by atoms with E-state index in [2.05, 4.69) is 25.2 Å². The molecule has 0 spiro atoms. The van der Waals surface area contributed by atoms with Gasteiger partial charge < -0.3 is 11.1 Å². The first kappa shape index (κ1) is 13.7. The van der Waals surface area contributed by atoms with E-state index in [0.717, 1.165) is 18.5 Å². The summed E-state index contributed by atoms with van der Waals surface area (Å²) in [4.78, 5) is 11.8. The third-order valence-electron chi connectivity index (χ3n) is 3.70. The van der Waals surface area contributed by atoms with Crippen LogP contribution in [0, 0.1) is 11.8 Å². The highest BCUT2D eigenvalue weighted by atomic mass is 16.1. The molecule has 19 heavy (non-hydrogen) atoms. The van der Waals surface area contributed by atoms with Gasteiger partial charge in [-0.3, -0.25) is 4.79 Å². The van der Waals surface area contributed by atoms with Gasteiger partial charge in [-0.1, -0.05) is 36.8 Å². The van der Waals surface area contributed by atoms with Crippen molar-refractivity contribution < 1.29 is 4.79 Å². The normalized spacial score (nSPS) is 24.4. The first-order chi connectivity index (χ1) is 9.06. The fourth-order valence-electron chi connectivity index (χ4n) is 2.99. The number of benzene rings is 1. The molecule has 102 valence electrons. The fraction of sp³-hybridized carbons (Fsp3) is 0.438. The fourth-order valence-corrected chi connectivity index (χ4v) is 2.99. The second-order valence-corrected chi connectivity index (χ2v) is 5.58. The van der Waals surface area contributed by atoms with Crippen LogP contribution in [0.3, 0.4) is 0 Å². The zero-order valence-corrected chi connectivity index (χ0v) is 11.6. The Morgan fingerprint density at radius 1 is 1.37 bits per heavy atom. The Hall–Kier alpha value is -1.77. The van der Waals surface area contributed by atoms with Crippen molar-refractivity contribution in [2.45, 2.75) is 32.7 Å². The third kappa shape index (κ3) is 3.60. The maximum absolute atomic E-state index is 11.8. The molecule has 3 atom stereocenters. The van der Waals surface area contributed by atoms with E-state index >= 15 is 0 Å². The minimum Gasteiger partial charge on any atom is -0.373 e. The number of hydrogen-bond acceptors (Lipinski definition) is 2. The predicted molar refractivity (Wildman–Crippen MR) is 78.7 cm³/mol. The molecule has 3 N–H and O–H groups in total. The molecule has 0 aromatic heterocycles. The first-order valence-corrected chi connectivity index (χ1v) is 6.84. The van der Waals surface area contributed by atoms with E-state index in [1.807, 2.05) is 30.3 Å². The van der Waals surface area contributed by atoms with Gasteiger partial charge in [-0.15, -0.1) is 0 Å². The van der Waals surface area contributed by atoms with Crippen LogP contribution in [0.5, 0.6) is 0 Å². The van der Waals surface area contributed by atoms with E-state index in [1.54, 1.807) is 0 Å². The molecule has 0 radical (unpaired) electrons. The van der Waals surface area contributed by atoms with Crippen molar-refractivity contribution in [3.63, 3.8) is 0 Å². The van der Waals surface area contributed by atoms with Gasteiger partial charge in [0.2, 0.25) is 5.91 Å². The molecule has 0 saturated heterocycles.